The third kappa shape index (κ3) is 2.33. The maximum absolute atomic E-state index is 12.4. The number of nitrogens with zero attached hydrogens (tertiary/aromatic N) is 2. The number of amides is 1. The van der Waals surface area contributed by atoms with Crippen LogP contribution in [0, 0.1) is 23.2 Å². The second-order valence-corrected chi connectivity index (χ2v) is 8.19. The summed E-state index contributed by atoms with van der Waals surface area (Å²) in [5.74, 6) is 1.28. The number of nitriles is 1. The second kappa shape index (κ2) is 4.94. The molecule has 0 spiro atoms. The Bertz CT molecular complexity index is 512. The van der Waals surface area contributed by atoms with Crippen LogP contribution in [-0.2, 0) is 4.79 Å². The first-order valence-electron chi connectivity index (χ1n) is 8.67. The Labute approximate surface area is 131 Å². The molecule has 1 aliphatic heterocycles. The van der Waals surface area contributed by atoms with E-state index in [1.54, 1.807) is 4.90 Å². The molecule has 0 aromatic rings. The molecule has 5 nitrogen and oxygen atoms in total. The molecule has 22 heavy (non-hydrogen) atoms. The number of likely N-dealkylation sites (tertiary alicyclic amines) is 1. The van der Waals surface area contributed by atoms with Crippen molar-refractivity contribution in [3.8, 4) is 6.07 Å². The average molecular weight is 303 g/mol. The molecule has 1 heterocycles. The van der Waals surface area contributed by atoms with Crippen LogP contribution >= 0.6 is 0 Å². The van der Waals surface area contributed by atoms with Gasteiger partial charge in [0.15, 0.2) is 0 Å². The number of carbonyl (C=O) groups is 1. The van der Waals surface area contributed by atoms with Gasteiger partial charge in [0.1, 0.15) is 6.04 Å². The molecule has 0 radical (unpaired) electrons. The molecule has 1 saturated heterocycles. The van der Waals surface area contributed by atoms with Gasteiger partial charge >= 0.3 is 0 Å². The van der Waals surface area contributed by atoms with E-state index in [1.807, 2.05) is 0 Å². The molecule has 120 valence electrons. The highest BCUT2D eigenvalue weighted by Crippen LogP contribution is 2.57. The van der Waals surface area contributed by atoms with E-state index in [0.29, 0.717) is 24.9 Å². The van der Waals surface area contributed by atoms with E-state index in [-0.39, 0.29) is 17.5 Å². The number of hydrogen-bond acceptors (Lipinski definition) is 4. The van der Waals surface area contributed by atoms with Crippen molar-refractivity contribution in [1.29, 1.82) is 5.26 Å². The Morgan fingerprint density at radius 1 is 1.32 bits per heavy atom. The van der Waals surface area contributed by atoms with E-state index >= 15 is 0 Å². The maximum atomic E-state index is 12.4. The van der Waals surface area contributed by atoms with Crippen molar-refractivity contribution in [3.63, 3.8) is 0 Å². The molecule has 4 saturated carbocycles. The smallest absolute Gasteiger partial charge is 0.237 e. The summed E-state index contributed by atoms with van der Waals surface area (Å²) in [6, 6.07) is 1.99. The number of rotatable bonds is 3. The molecule has 5 rings (SSSR count). The van der Waals surface area contributed by atoms with Crippen molar-refractivity contribution in [3.05, 3.63) is 0 Å². The van der Waals surface area contributed by atoms with E-state index in [0.717, 1.165) is 44.9 Å². The fraction of sp³-hybridized carbons (Fsp3) is 0.882. The molecule has 5 fully saturated rings. The zero-order valence-electron chi connectivity index (χ0n) is 13.1. The molecular formula is C17H25N3O2. The Balaban J connectivity index is 1.41. The van der Waals surface area contributed by atoms with Gasteiger partial charge < -0.3 is 15.3 Å². The standard InChI is InChI=1S/C17H25N3O2/c18-9-14-2-1-3-20(14)15(21)10-19-16-5-12-4-13(6-16)8-17(22,7-12)11-16/h12-14,19,22H,1-8,10-11H2/t12-,13+,14-,16?,17?/m1/s1. The zero-order valence-corrected chi connectivity index (χ0v) is 13.1. The van der Waals surface area contributed by atoms with Gasteiger partial charge in [0, 0.05) is 12.1 Å². The van der Waals surface area contributed by atoms with E-state index in [9.17, 15) is 9.90 Å². The molecule has 5 aliphatic rings. The summed E-state index contributed by atoms with van der Waals surface area (Å²) < 4.78 is 0. The van der Waals surface area contributed by atoms with Crippen molar-refractivity contribution >= 4 is 5.91 Å². The fourth-order valence-corrected chi connectivity index (χ4v) is 5.99. The first-order chi connectivity index (χ1) is 10.5. The quantitative estimate of drug-likeness (QED) is 0.821. The van der Waals surface area contributed by atoms with Gasteiger partial charge in [0.2, 0.25) is 5.91 Å². The van der Waals surface area contributed by atoms with Crippen molar-refractivity contribution < 1.29 is 9.90 Å². The lowest BCUT2D eigenvalue weighted by Crippen LogP contribution is -2.65. The molecule has 4 bridgehead atoms. The van der Waals surface area contributed by atoms with E-state index in [4.69, 9.17) is 5.26 Å². The van der Waals surface area contributed by atoms with Crippen molar-refractivity contribution in [1.82, 2.24) is 10.2 Å². The van der Waals surface area contributed by atoms with E-state index in [2.05, 4.69) is 11.4 Å². The zero-order chi connectivity index (χ0) is 15.4. The summed E-state index contributed by atoms with van der Waals surface area (Å²) in [4.78, 5) is 14.2. The number of hydrogen-bond donors (Lipinski definition) is 2. The normalized spacial score (nSPS) is 46.0. The van der Waals surface area contributed by atoms with Gasteiger partial charge in [-0.1, -0.05) is 0 Å². The number of aliphatic hydroxyl groups is 1. The summed E-state index contributed by atoms with van der Waals surface area (Å²) in [6.07, 6.45) is 7.87. The van der Waals surface area contributed by atoms with Crippen LogP contribution in [0.2, 0.25) is 0 Å². The summed E-state index contributed by atoms with van der Waals surface area (Å²) in [5, 5.41) is 23.4. The molecule has 2 unspecified atom stereocenters. The maximum Gasteiger partial charge on any atom is 0.237 e. The highest BCUT2D eigenvalue weighted by atomic mass is 16.3. The van der Waals surface area contributed by atoms with Crippen LogP contribution in [0.3, 0.4) is 0 Å². The Kier molecular flexibility index (Phi) is 3.25. The van der Waals surface area contributed by atoms with Crippen LogP contribution in [0.25, 0.3) is 0 Å². The Hall–Kier alpha value is -1.12. The van der Waals surface area contributed by atoms with Gasteiger partial charge in [-0.25, -0.2) is 0 Å². The molecule has 0 aromatic heterocycles. The van der Waals surface area contributed by atoms with Gasteiger partial charge in [0.25, 0.3) is 0 Å². The molecule has 2 N–H and O–H groups in total. The van der Waals surface area contributed by atoms with Gasteiger partial charge in [-0.05, 0) is 63.2 Å². The van der Waals surface area contributed by atoms with Crippen LogP contribution in [0.5, 0.6) is 0 Å². The minimum absolute atomic E-state index is 0.0453. The van der Waals surface area contributed by atoms with Crippen LogP contribution in [0.1, 0.15) is 51.4 Å². The highest BCUT2D eigenvalue weighted by Gasteiger charge is 2.57. The predicted octanol–water partition coefficient (Wildman–Crippen LogP) is 1.17. The minimum atomic E-state index is -0.497. The Morgan fingerprint density at radius 2 is 2.05 bits per heavy atom. The molecule has 5 heteroatoms. The SMILES string of the molecule is N#C[C@H]1CCCN1C(=O)CNC12C[C@@H]3C[C@@H](CC(O)(C3)C1)C2. The lowest BCUT2D eigenvalue weighted by molar-refractivity contribution is -0.147. The first-order valence-corrected chi connectivity index (χ1v) is 8.67. The van der Waals surface area contributed by atoms with Crippen LogP contribution in [0.15, 0.2) is 0 Å². The largest absolute Gasteiger partial charge is 0.390 e. The van der Waals surface area contributed by atoms with Gasteiger partial charge in [0.05, 0.1) is 18.2 Å². The lowest BCUT2D eigenvalue weighted by Gasteiger charge is -2.60. The number of carbonyl (C=O) groups excluding carboxylic acids is 1. The molecule has 5 atom stereocenters. The Morgan fingerprint density at radius 3 is 2.68 bits per heavy atom. The topological polar surface area (TPSA) is 76.4 Å². The predicted molar refractivity (Wildman–Crippen MR) is 80.7 cm³/mol. The number of nitrogens with one attached hydrogen (secondary N) is 1. The van der Waals surface area contributed by atoms with E-state index in [1.165, 1.54) is 6.42 Å². The van der Waals surface area contributed by atoms with Crippen molar-refractivity contribution in [2.24, 2.45) is 11.8 Å². The minimum Gasteiger partial charge on any atom is -0.390 e. The molecular weight excluding hydrogens is 278 g/mol. The molecule has 4 aliphatic carbocycles. The molecule has 1 amide bonds. The fourth-order valence-electron chi connectivity index (χ4n) is 5.99. The van der Waals surface area contributed by atoms with Crippen LogP contribution in [-0.4, -0.2) is 46.2 Å². The monoisotopic (exact) mass is 303 g/mol. The highest BCUT2D eigenvalue weighted by molar-refractivity contribution is 5.79. The summed E-state index contributed by atoms with van der Waals surface area (Å²) in [5.41, 5.74) is -0.542. The third-order valence-corrected chi connectivity index (χ3v) is 6.37. The van der Waals surface area contributed by atoms with Crippen molar-refractivity contribution in [2.75, 3.05) is 13.1 Å². The second-order valence-electron chi connectivity index (χ2n) is 8.19. The van der Waals surface area contributed by atoms with Gasteiger partial charge in [-0.15, -0.1) is 0 Å². The summed E-state index contributed by atoms with van der Waals surface area (Å²) >= 11 is 0. The average Bonchev–Trinajstić information content (AvgIpc) is 2.90. The third-order valence-electron chi connectivity index (χ3n) is 6.37. The summed E-state index contributed by atoms with van der Waals surface area (Å²) in [6.45, 7) is 1.02. The lowest BCUT2D eigenvalue weighted by atomic mass is 9.51. The van der Waals surface area contributed by atoms with Crippen LogP contribution in [0.4, 0.5) is 0 Å². The summed E-state index contributed by atoms with van der Waals surface area (Å²) in [7, 11) is 0. The van der Waals surface area contributed by atoms with E-state index < -0.39 is 5.60 Å². The molecule has 0 aromatic carbocycles. The van der Waals surface area contributed by atoms with Gasteiger partial charge in [-0.2, -0.15) is 5.26 Å². The first kappa shape index (κ1) is 14.5. The van der Waals surface area contributed by atoms with Crippen LogP contribution < -0.4 is 5.32 Å². The van der Waals surface area contributed by atoms with Crippen molar-refractivity contribution in [2.45, 2.75) is 68.5 Å². The van der Waals surface area contributed by atoms with Gasteiger partial charge in [-0.3, -0.25) is 4.79 Å².